The van der Waals surface area contributed by atoms with E-state index in [1.807, 2.05) is 44.2 Å². The molecule has 0 spiro atoms. The number of aryl methyl sites for hydroxylation is 2. The molecular weight excluding hydrogens is 513 g/mol. The van der Waals surface area contributed by atoms with Gasteiger partial charge in [0, 0.05) is 22.5 Å². The van der Waals surface area contributed by atoms with Gasteiger partial charge in [0.05, 0.1) is 27.4 Å². The topological polar surface area (TPSA) is 155 Å². The molecule has 0 radical (unpaired) electrons. The van der Waals surface area contributed by atoms with E-state index in [1.54, 1.807) is 18.2 Å². The average Bonchev–Trinajstić information content (AvgIpc) is 2.85. The van der Waals surface area contributed by atoms with Crippen LogP contribution in [0.1, 0.15) is 43.0 Å². The molecule has 38 heavy (non-hydrogen) atoms. The summed E-state index contributed by atoms with van der Waals surface area (Å²) in [5, 5.41) is 3.07. The summed E-state index contributed by atoms with van der Waals surface area (Å²) in [7, 11) is -5.05. The van der Waals surface area contributed by atoms with Crippen molar-refractivity contribution in [3.05, 3.63) is 100 Å². The first-order valence-corrected chi connectivity index (χ1v) is 12.7. The zero-order chi connectivity index (χ0) is 26.6. The maximum absolute atomic E-state index is 13.5. The number of hydrogen-bond acceptors (Lipinski definition) is 8. The van der Waals surface area contributed by atoms with Crippen LogP contribution < -0.4 is 46.3 Å². The molecule has 0 aromatic heterocycles. The van der Waals surface area contributed by atoms with E-state index in [9.17, 15) is 22.6 Å². The van der Waals surface area contributed by atoms with Crippen molar-refractivity contribution < 1.29 is 52.1 Å². The van der Waals surface area contributed by atoms with Crippen molar-refractivity contribution in [3.63, 3.8) is 0 Å². The molecule has 0 atom stereocenters. The number of nitrogens with two attached hydrogens (primary N) is 2. The first-order chi connectivity index (χ1) is 17.5. The molecule has 0 fully saturated rings. The van der Waals surface area contributed by atoms with Gasteiger partial charge in [-0.1, -0.05) is 36.4 Å². The smallest absolute Gasteiger partial charge is 0.744 e. The van der Waals surface area contributed by atoms with Gasteiger partial charge in [0.1, 0.15) is 10.1 Å². The molecule has 5 N–H and O–H groups in total. The van der Waals surface area contributed by atoms with Crippen molar-refractivity contribution in [3.8, 4) is 11.1 Å². The maximum atomic E-state index is 13.5. The Morgan fingerprint density at radius 3 is 1.84 bits per heavy atom. The fourth-order valence-corrected chi connectivity index (χ4v) is 5.22. The van der Waals surface area contributed by atoms with E-state index >= 15 is 0 Å². The van der Waals surface area contributed by atoms with Gasteiger partial charge in [-0.15, -0.1) is 0 Å². The number of rotatable bonds is 4. The Morgan fingerprint density at radius 2 is 1.29 bits per heavy atom. The second-order valence-corrected chi connectivity index (χ2v) is 10.3. The summed E-state index contributed by atoms with van der Waals surface area (Å²) < 4.78 is 36.1. The summed E-state index contributed by atoms with van der Waals surface area (Å²) in [5.74, 6) is -1.12. The average molecular weight is 536 g/mol. The van der Waals surface area contributed by atoms with Crippen molar-refractivity contribution in [1.82, 2.24) is 0 Å². The summed E-state index contributed by atoms with van der Waals surface area (Å²) in [6.45, 7) is 3.76. The molecule has 1 aliphatic rings. The van der Waals surface area contributed by atoms with E-state index in [4.69, 9.17) is 11.5 Å². The van der Waals surface area contributed by atoms with Gasteiger partial charge in [0.25, 0.3) is 0 Å². The molecule has 0 saturated heterocycles. The number of fused-ring (bicyclic) bond motifs is 2. The zero-order valence-corrected chi connectivity index (χ0v) is 23.8. The molecule has 8 nitrogen and oxygen atoms in total. The summed E-state index contributed by atoms with van der Waals surface area (Å²) in [6.07, 6.45) is 0. The minimum atomic E-state index is -5.05. The minimum absolute atomic E-state index is 0. The van der Waals surface area contributed by atoms with Crippen molar-refractivity contribution >= 4 is 44.4 Å². The maximum Gasteiger partial charge on any atom is 1.00 e. The Bertz CT molecular complexity index is 1770. The van der Waals surface area contributed by atoms with E-state index in [-0.39, 0.29) is 57.5 Å². The van der Waals surface area contributed by atoms with Crippen LogP contribution in [-0.2, 0) is 10.1 Å². The largest absolute Gasteiger partial charge is 1.00 e. The number of anilines is 4. The number of ketones is 2. The van der Waals surface area contributed by atoms with Crippen LogP contribution in [0.25, 0.3) is 11.1 Å². The second-order valence-electron chi connectivity index (χ2n) is 8.97. The van der Waals surface area contributed by atoms with Crippen molar-refractivity contribution in [2.75, 3.05) is 16.8 Å². The van der Waals surface area contributed by atoms with Gasteiger partial charge in [-0.05, 0) is 66.4 Å². The van der Waals surface area contributed by atoms with Crippen LogP contribution in [0.3, 0.4) is 0 Å². The second kappa shape index (κ2) is 10.0. The van der Waals surface area contributed by atoms with Gasteiger partial charge < -0.3 is 21.3 Å². The van der Waals surface area contributed by atoms with Crippen LogP contribution >= 0.6 is 0 Å². The van der Waals surface area contributed by atoms with Gasteiger partial charge in [-0.25, -0.2) is 8.42 Å². The van der Waals surface area contributed by atoms with E-state index < -0.39 is 32.3 Å². The number of nitrogen functional groups attached to an aromatic ring is 2. The number of carbonyl (C=O) groups is 2. The van der Waals surface area contributed by atoms with E-state index in [1.165, 1.54) is 12.1 Å². The molecule has 0 heterocycles. The Morgan fingerprint density at radius 1 is 0.737 bits per heavy atom. The van der Waals surface area contributed by atoms with E-state index in [2.05, 4.69) is 5.32 Å². The molecule has 4 aromatic carbocycles. The third-order valence-corrected chi connectivity index (χ3v) is 7.44. The monoisotopic (exact) mass is 535 g/mol. The van der Waals surface area contributed by atoms with Crippen molar-refractivity contribution in [2.24, 2.45) is 0 Å². The quantitative estimate of drug-likeness (QED) is 0.178. The van der Waals surface area contributed by atoms with Crippen LogP contribution in [0.4, 0.5) is 22.7 Å². The molecular formula is C28H22N3NaO5S. The molecule has 0 aliphatic heterocycles. The number of benzene rings is 4. The Balaban J connectivity index is 0.00000336. The molecule has 0 amide bonds. The molecule has 1 aliphatic carbocycles. The van der Waals surface area contributed by atoms with Crippen LogP contribution in [0.2, 0.25) is 0 Å². The summed E-state index contributed by atoms with van der Waals surface area (Å²) in [6, 6.07) is 18.5. The standard InChI is InChI=1S/C28H23N3O5S.Na/c1-14-11-16(7-9-20(14)29)17-8-10-21(15(2)12-17)31-22-13-23(37(34,35)36)26(30)25-24(22)27(32)18-5-3-4-6-19(18)28(25)33;/h3-13,31H,29-30H2,1-2H3,(H,34,35,36);/q;+1/p-1. The predicted molar refractivity (Wildman–Crippen MR) is 141 cm³/mol. The first kappa shape index (κ1) is 27.6. The van der Waals surface area contributed by atoms with Crippen LogP contribution in [0.5, 0.6) is 0 Å². The fourth-order valence-electron chi connectivity index (χ4n) is 4.58. The SMILES string of the molecule is Cc1cc(-c2ccc(Nc3cc(S(=O)(=O)[O-])c(N)c4c3C(=O)c3ccccc3C4=O)c(C)c2)ccc1N.[Na+]. The summed E-state index contributed by atoms with van der Waals surface area (Å²) in [4.78, 5) is 26.0. The van der Waals surface area contributed by atoms with E-state index in [0.717, 1.165) is 28.3 Å². The number of carbonyl (C=O) groups excluding carboxylic acids is 2. The Labute approximate surface area is 242 Å². The first-order valence-electron chi connectivity index (χ1n) is 11.3. The third-order valence-electron chi connectivity index (χ3n) is 6.57. The predicted octanol–water partition coefficient (Wildman–Crippen LogP) is 1.56. The van der Waals surface area contributed by atoms with Crippen molar-refractivity contribution in [2.45, 2.75) is 18.7 Å². The van der Waals surface area contributed by atoms with Crippen LogP contribution in [-0.4, -0.2) is 24.5 Å². The zero-order valence-electron chi connectivity index (χ0n) is 21.0. The molecule has 10 heteroatoms. The third kappa shape index (κ3) is 4.63. The number of hydrogen-bond donors (Lipinski definition) is 3. The normalized spacial score (nSPS) is 12.4. The van der Waals surface area contributed by atoms with Gasteiger partial charge >= 0.3 is 29.6 Å². The van der Waals surface area contributed by atoms with Gasteiger partial charge in [-0.3, -0.25) is 9.59 Å². The number of nitrogens with one attached hydrogen (secondary N) is 1. The van der Waals surface area contributed by atoms with Gasteiger partial charge in [-0.2, -0.15) is 0 Å². The summed E-state index contributed by atoms with van der Waals surface area (Å²) in [5.41, 5.74) is 16.2. The molecule has 0 bridgehead atoms. The van der Waals surface area contributed by atoms with Gasteiger partial charge in [0.2, 0.25) is 0 Å². The molecule has 186 valence electrons. The Hall–Kier alpha value is -3.47. The van der Waals surface area contributed by atoms with Gasteiger partial charge in [0.15, 0.2) is 11.6 Å². The Kier molecular flexibility index (Phi) is 7.26. The molecule has 0 saturated carbocycles. The van der Waals surface area contributed by atoms with Crippen LogP contribution in [0.15, 0.2) is 71.6 Å². The molecule has 5 rings (SSSR count). The summed E-state index contributed by atoms with van der Waals surface area (Å²) >= 11 is 0. The fraction of sp³-hybridized carbons (Fsp3) is 0.0714. The van der Waals surface area contributed by atoms with Crippen LogP contribution in [0, 0.1) is 13.8 Å². The molecule has 4 aromatic rings. The van der Waals surface area contributed by atoms with Crippen molar-refractivity contribution in [1.29, 1.82) is 0 Å². The van der Waals surface area contributed by atoms with E-state index in [0.29, 0.717) is 11.4 Å². The molecule has 0 unspecified atom stereocenters. The minimum Gasteiger partial charge on any atom is -0.744 e.